The first-order valence-corrected chi connectivity index (χ1v) is 7.64. The van der Waals surface area contributed by atoms with Crippen LogP contribution in [0.1, 0.15) is 11.1 Å². The fourth-order valence-electron chi connectivity index (χ4n) is 2.20. The maximum Gasteiger partial charge on any atom is 0.310 e. The number of carbonyl (C=O) groups is 1. The molecule has 128 valence electrons. The molecule has 0 aromatic heterocycles. The summed E-state index contributed by atoms with van der Waals surface area (Å²) >= 11 is 5.82. The molecule has 0 radical (unpaired) electrons. The maximum absolute atomic E-state index is 12.0. The van der Waals surface area contributed by atoms with Gasteiger partial charge in [0, 0.05) is 5.02 Å². The molecule has 0 aliphatic rings. The second-order valence-electron chi connectivity index (χ2n) is 5.00. The van der Waals surface area contributed by atoms with Crippen LogP contribution in [0.4, 0.5) is 0 Å². The molecule has 0 saturated heterocycles. The largest absolute Gasteiger partial charge is 0.493 e. The van der Waals surface area contributed by atoms with Crippen molar-refractivity contribution in [3.63, 3.8) is 0 Å². The summed E-state index contributed by atoms with van der Waals surface area (Å²) in [5, 5.41) is 0.641. The summed E-state index contributed by atoms with van der Waals surface area (Å²) in [4.78, 5) is 12.0. The molecule has 0 atom stereocenters. The molecule has 5 nitrogen and oxygen atoms in total. The van der Waals surface area contributed by atoms with Gasteiger partial charge in [-0.05, 0) is 35.4 Å². The molecule has 0 spiro atoms. The van der Waals surface area contributed by atoms with Crippen LogP contribution >= 0.6 is 11.6 Å². The second-order valence-corrected chi connectivity index (χ2v) is 5.43. The van der Waals surface area contributed by atoms with Crippen LogP contribution in [-0.2, 0) is 22.6 Å². The van der Waals surface area contributed by atoms with Gasteiger partial charge in [0.2, 0.25) is 5.75 Å². The van der Waals surface area contributed by atoms with E-state index in [4.69, 9.17) is 30.5 Å². The van der Waals surface area contributed by atoms with Crippen LogP contribution in [0.3, 0.4) is 0 Å². The number of hydrogen-bond donors (Lipinski definition) is 0. The smallest absolute Gasteiger partial charge is 0.310 e. The maximum atomic E-state index is 12.0. The van der Waals surface area contributed by atoms with Crippen molar-refractivity contribution in [3.8, 4) is 17.2 Å². The molecular formula is C18H19ClO5. The molecule has 0 heterocycles. The molecule has 0 bridgehead atoms. The number of esters is 1. The van der Waals surface area contributed by atoms with Crippen molar-refractivity contribution in [3.05, 3.63) is 52.5 Å². The molecule has 0 N–H and O–H groups in total. The Bertz CT molecular complexity index is 672. The van der Waals surface area contributed by atoms with Crippen molar-refractivity contribution in [2.45, 2.75) is 13.0 Å². The van der Waals surface area contributed by atoms with E-state index in [1.165, 1.54) is 21.3 Å². The van der Waals surface area contributed by atoms with Gasteiger partial charge in [-0.15, -0.1) is 0 Å². The average Bonchev–Trinajstić information content (AvgIpc) is 2.60. The number of halogens is 1. The summed E-state index contributed by atoms with van der Waals surface area (Å²) in [6.45, 7) is 0.195. The van der Waals surface area contributed by atoms with Gasteiger partial charge in [-0.25, -0.2) is 0 Å². The van der Waals surface area contributed by atoms with E-state index >= 15 is 0 Å². The topological polar surface area (TPSA) is 54.0 Å². The molecule has 0 aliphatic carbocycles. The number of methoxy groups -OCH3 is 3. The molecule has 2 aromatic carbocycles. The normalized spacial score (nSPS) is 10.2. The lowest BCUT2D eigenvalue weighted by Gasteiger charge is -2.14. The first-order valence-electron chi connectivity index (χ1n) is 7.26. The Morgan fingerprint density at radius 1 is 0.917 bits per heavy atom. The van der Waals surface area contributed by atoms with E-state index in [2.05, 4.69) is 0 Å². The van der Waals surface area contributed by atoms with Crippen LogP contribution in [0.2, 0.25) is 5.02 Å². The lowest BCUT2D eigenvalue weighted by Crippen LogP contribution is -2.08. The zero-order valence-electron chi connectivity index (χ0n) is 13.8. The number of benzene rings is 2. The molecule has 24 heavy (non-hydrogen) atoms. The van der Waals surface area contributed by atoms with Crippen LogP contribution in [0.15, 0.2) is 36.4 Å². The molecule has 0 saturated carbocycles. The molecule has 0 aliphatic heterocycles. The number of carbonyl (C=O) groups excluding carboxylic acids is 1. The minimum Gasteiger partial charge on any atom is -0.493 e. The Morgan fingerprint density at radius 2 is 1.50 bits per heavy atom. The minimum atomic E-state index is -0.348. The quantitative estimate of drug-likeness (QED) is 0.713. The molecule has 6 heteroatoms. The predicted octanol–water partition coefficient (Wildman–Crippen LogP) is 3.65. The standard InChI is InChI=1S/C18H19ClO5/c1-21-15-8-13(9-16(22-2)18(15)23-3)10-17(20)24-11-12-4-6-14(19)7-5-12/h4-9H,10-11H2,1-3H3. The van der Waals surface area contributed by atoms with Gasteiger partial charge in [-0.1, -0.05) is 23.7 Å². The Morgan fingerprint density at radius 3 is 2.00 bits per heavy atom. The lowest BCUT2D eigenvalue weighted by atomic mass is 10.1. The summed E-state index contributed by atoms with van der Waals surface area (Å²) < 4.78 is 21.1. The van der Waals surface area contributed by atoms with E-state index in [1.54, 1.807) is 24.3 Å². The summed E-state index contributed by atoms with van der Waals surface area (Å²) in [7, 11) is 4.58. The zero-order valence-corrected chi connectivity index (χ0v) is 14.6. The number of rotatable bonds is 7. The van der Waals surface area contributed by atoms with Crippen LogP contribution in [-0.4, -0.2) is 27.3 Å². The van der Waals surface area contributed by atoms with E-state index in [0.29, 0.717) is 27.8 Å². The summed E-state index contributed by atoms with van der Waals surface area (Å²) in [5.41, 5.74) is 1.59. The van der Waals surface area contributed by atoms with Gasteiger partial charge < -0.3 is 18.9 Å². The van der Waals surface area contributed by atoms with E-state index < -0.39 is 0 Å². The first-order chi connectivity index (χ1) is 11.6. The summed E-state index contributed by atoms with van der Waals surface area (Å²) in [6, 6.07) is 10.6. The van der Waals surface area contributed by atoms with Crippen LogP contribution in [0.25, 0.3) is 0 Å². The fraction of sp³-hybridized carbons (Fsp3) is 0.278. The minimum absolute atomic E-state index is 0.101. The van der Waals surface area contributed by atoms with Crippen molar-refractivity contribution in [1.82, 2.24) is 0 Å². The lowest BCUT2D eigenvalue weighted by molar-refractivity contribution is -0.144. The zero-order chi connectivity index (χ0) is 17.5. The first kappa shape index (κ1) is 17.9. The fourth-order valence-corrected chi connectivity index (χ4v) is 2.33. The molecule has 0 unspecified atom stereocenters. The van der Waals surface area contributed by atoms with Gasteiger partial charge in [0.25, 0.3) is 0 Å². The van der Waals surface area contributed by atoms with E-state index in [9.17, 15) is 4.79 Å². The monoisotopic (exact) mass is 350 g/mol. The molecule has 2 aromatic rings. The van der Waals surface area contributed by atoms with Gasteiger partial charge >= 0.3 is 5.97 Å². The number of hydrogen-bond acceptors (Lipinski definition) is 5. The van der Waals surface area contributed by atoms with Gasteiger partial charge in [0.1, 0.15) is 6.61 Å². The third-order valence-corrected chi connectivity index (χ3v) is 3.64. The van der Waals surface area contributed by atoms with E-state index in [1.807, 2.05) is 12.1 Å². The highest BCUT2D eigenvalue weighted by molar-refractivity contribution is 6.30. The van der Waals surface area contributed by atoms with Gasteiger partial charge in [-0.3, -0.25) is 4.79 Å². The Kier molecular flexibility index (Phi) is 6.32. The van der Waals surface area contributed by atoms with Crippen LogP contribution in [0, 0.1) is 0 Å². The molecular weight excluding hydrogens is 332 g/mol. The van der Waals surface area contributed by atoms with Gasteiger partial charge in [0.05, 0.1) is 27.8 Å². The molecule has 2 rings (SSSR count). The van der Waals surface area contributed by atoms with E-state index in [-0.39, 0.29) is 19.0 Å². The van der Waals surface area contributed by atoms with Crippen molar-refractivity contribution in [1.29, 1.82) is 0 Å². The van der Waals surface area contributed by atoms with Crippen molar-refractivity contribution in [2.75, 3.05) is 21.3 Å². The Hall–Kier alpha value is -2.40. The Balaban J connectivity index is 2.04. The van der Waals surface area contributed by atoms with Crippen molar-refractivity contribution < 1.29 is 23.7 Å². The van der Waals surface area contributed by atoms with Crippen molar-refractivity contribution >= 4 is 17.6 Å². The second kappa shape index (κ2) is 8.45. The highest BCUT2D eigenvalue weighted by atomic mass is 35.5. The van der Waals surface area contributed by atoms with Crippen LogP contribution in [0.5, 0.6) is 17.2 Å². The van der Waals surface area contributed by atoms with Crippen molar-refractivity contribution in [2.24, 2.45) is 0 Å². The summed E-state index contributed by atoms with van der Waals surface area (Å²) in [5.74, 6) is 1.13. The Labute approximate surface area is 146 Å². The predicted molar refractivity (Wildman–Crippen MR) is 91.1 cm³/mol. The average molecular weight is 351 g/mol. The van der Waals surface area contributed by atoms with E-state index in [0.717, 1.165) is 5.56 Å². The van der Waals surface area contributed by atoms with Gasteiger partial charge in [0.15, 0.2) is 11.5 Å². The third kappa shape index (κ3) is 4.55. The molecule has 0 fully saturated rings. The van der Waals surface area contributed by atoms with Crippen LogP contribution < -0.4 is 14.2 Å². The van der Waals surface area contributed by atoms with Gasteiger partial charge in [-0.2, -0.15) is 0 Å². The molecule has 0 amide bonds. The highest BCUT2D eigenvalue weighted by Gasteiger charge is 2.15. The summed E-state index contributed by atoms with van der Waals surface area (Å²) in [6.07, 6.45) is 0.101. The third-order valence-electron chi connectivity index (χ3n) is 3.39. The highest BCUT2D eigenvalue weighted by Crippen LogP contribution is 2.38. The number of ether oxygens (including phenoxy) is 4. The SMILES string of the molecule is COc1cc(CC(=O)OCc2ccc(Cl)cc2)cc(OC)c1OC.